The Bertz CT molecular complexity index is 403. The first-order valence-electron chi connectivity index (χ1n) is 4.50. The highest BCUT2D eigenvalue weighted by atomic mass is 32.1. The molecule has 0 spiro atoms. The molecule has 0 atom stereocenters. The molecule has 0 aliphatic heterocycles. The molecular formula is C9H12N2O3S. The first-order chi connectivity index (χ1) is 7.15. The largest absolute Gasteiger partial charge is 0.449 e. The number of amides is 1. The maximum absolute atomic E-state index is 11.1. The van der Waals surface area contributed by atoms with Crippen molar-refractivity contribution in [3.63, 3.8) is 0 Å². The summed E-state index contributed by atoms with van der Waals surface area (Å²) in [4.78, 5) is 11.1. The van der Waals surface area contributed by atoms with E-state index in [2.05, 4.69) is 5.32 Å². The van der Waals surface area contributed by atoms with E-state index < -0.39 is 6.09 Å². The molecule has 0 aromatic carbocycles. The van der Waals surface area contributed by atoms with Gasteiger partial charge in [0.1, 0.15) is 4.64 Å². The third kappa shape index (κ3) is 3.25. The van der Waals surface area contributed by atoms with Crippen molar-refractivity contribution in [2.75, 3.05) is 11.9 Å². The molecule has 0 radical (unpaired) electrons. The number of rotatable bonds is 3. The van der Waals surface area contributed by atoms with Gasteiger partial charge in [0, 0.05) is 0 Å². The van der Waals surface area contributed by atoms with Gasteiger partial charge in [-0.25, -0.2) is 4.79 Å². The number of carbonyl (C=O) groups excluding carboxylic acids is 1. The van der Waals surface area contributed by atoms with Crippen molar-refractivity contribution in [1.29, 1.82) is 0 Å². The standard InChI is InChI=1S/C9H12N2O3S/c1-2-6-14-9(12)10-7-4-3-5-8(15)11(7)13/h3-5,13H,2,6H2,1H3,(H,10,12). The number of carbonyl (C=O) groups is 1. The Kier molecular flexibility index (Phi) is 4.11. The summed E-state index contributed by atoms with van der Waals surface area (Å²) in [6, 6.07) is 4.69. The fourth-order valence-corrected chi connectivity index (χ4v) is 1.09. The zero-order valence-electron chi connectivity index (χ0n) is 8.27. The van der Waals surface area contributed by atoms with Crippen LogP contribution in [0.15, 0.2) is 18.2 Å². The second kappa shape index (κ2) is 5.35. The highest BCUT2D eigenvalue weighted by Gasteiger charge is 2.05. The van der Waals surface area contributed by atoms with Crippen LogP contribution in [-0.2, 0) is 4.74 Å². The van der Waals surface area contributed by atoms with Crippen LogP contribution in [0.5, 0.6) is 0 Å². The molecule has 1 aromatic rings. The van der Waals surface area contributed by atoms with Crippen LogP contribution in [0.3, 0.4) is 0 Å². The molecule has 0 bridgehead atoms. The molecule has 15 heavy (non-hydrogen) atoms. The van der Waals surface area contributed by atoms with Gasteiger partial charge in [-0.05, 0) is 18.6 Å². The van der Waals surface area contributed by atoms with E-state index in [1.54, 1.807) is 6.07 Å². The number of hydrogen-bond acceptors (Lipinski definition) is 4. The van der Waals surface area contributed by atoms with Crippen LogP contribution in [0.1, 0.15) is 13.3 Å². The molecule has 0 saturated heterocycles. The summed E-state index contributed by atoms with van der Waals surface area (Å²) in [6.07, 6.45) is 0.133. The van der Waals surface area contributed by atoms with Gasteiger partial charge in [-0.15, -0.1) is 0 Å². The predicted octanol–water partition coefficient (Wildman–Crippen LogP) is 2.41. The summed E-state index contributed by atoms with van der Waals surface area (Å²) in [5.41, 5.74) is 0. The van der Waals surface area contributed by atoms with Crippen molar-refractivity contribution in [3.05, 3.63) is 22.8 Å². The number of pyridine rings is 1. The lowest BCUT2D eigenvalue weighted by Gasteiger charge is -2.08. The van der Waals surface area contributed by atoms with Crippen molar-refractivity contribution >= 4 is 24.1 Å². The van der Waals surface area contributed by atoms with Gasteiger partial charge in [0.15, 0.2) is 5.82 Å². The number of nitrogens with zero attached hydrogens (tertiary/aromatic N) is 1. The normalized spacial score (nSPS) is 9.67. The van der Waals surface area contributed by atoms with Gasteiger partial charge in [-0.3, -0.25) is 5.32 Å². The molecule has 1 heterocycles. The van der Waals surface area contributed by atoms with Gasteiger partial charge in [-0.2, -0.15) is 4.73 Å². The summed E-state index contributed by atoms with van der Waals surface area (Å²) >= 11 is 4.80. The van der Waals surface area contributed by atoms with Crippen LogP contribution >= 0.6 is 12.2 Å². The predicted molar refractivity (Wildman–Crippen MR) is 57.7 cm³/mol. The van der Waals surface area contributed by atoms with Crippen molar-refractivity contribution in [3.8, 4) is 0 Å². The lowest BCUT2D eigenvalue weighted by atomic mass is 10.4. The lowest BCUT2D eigenvalue weighted by molar-refractivity contribution is 0.157. The van der Waals surface area contributed by atoms with Crippen LogP contribution < -0.4 is 5.32 Å². The minimum atomic E-state index is -0.611. The van der Waals surface area contributed by atoms with Gasteiger partial charge in [0.25, 0.3) is 0 Å². The van der Waals surface area contributed by atoms with Crippen molar-refractivity contribution < 1.29 is 14.7 Å². The van der Waals surface area contributed by atoms with Crippen LogP contribution in [0.4, 0.5) is 10.6 Å². The van der Waals surface area contributed by atoms with Gasteiger partial charge in [0.2, 0.25) is 0 Å². The van der Waals surface area contributed by atoms with E-state index in [-0.39, 0.29) is 10.5 Å². The summed E-state index contributed by atoms with van der Waals surface area (Å²) in [6.45, 7) is 2.23. The average molecular weight is 228 g/mol. The highest BCUT2D eigenvalue weighted by Crippen LogP contribution is 2.06. The molecule has 1 amide bonds. The molecule has 82 valence electrons. The van der Waals surface area contributed by atoms with E-state index >= 15 is 0 Å². The molecule has 0 aliphatic rings. The molecule has 5 nitrogen and oxygen atoms in total. The Morgan fingerprint density at radius 1 is 1.67 bits per heavy atom. The average Bonchev–Trinajstić information content (AvgIpc) is 2.22. The second-order valence-electron chi connectivity index (χ2n) is 2.82. The van der Waals surface area contributed by atoms with Gasteiger partial charge >= 0.3 is 6.09 Å². The Morgan fingerprint density at radius 2 is 2.40 bits per heavy atom. The summed E-state index contributed by atoms with van der Waals surface area (Å²) in [5, 5.41) is 11.8. The van der Waals surface area contributed by atoms with Crippen LogP contribution in [0.25, 0.3) is 0 Å². The number of aromatic nitrogens is 1. The number of ether oxygens (including phenoxy) is 1. The fourth-order valence-electron chi connectivity index (χ4n) is 0.912. The summed E-state index contributed by atoms with van der Waals surface area (Å²) in [7, 11) is 0. The number of hydrogen-bond donors (Lipinski definition) is 2. The first-order valence-corrected chi connectivity index (χ1v) is 4.91. The van der Waals surface area contributed by atoms with Gasteiger partial charge in [0.05, 0.1) is 6.61 Å². The van der Waals surface area contributed by atoms with Crippen LogP contribution in [0, 0.1) is 4.64 Å². The summed E-state index contributed by atoms with van der Waals surface area (Å²) < 4.78 is 5.70. The third-order valence-corrected chi connectivity index (χ3v) is 1.91. The van der Waals surface area contributed by atoms with Crippen LogP contribution in [-0.4, -0.2) is 22.6 Å². The zero-order chi connectivity index (χ0) is 11.3. The maximum Gasteiger partial charge on any atom is 0.412 e. The second-order valence-corrected chi connectivity index (χ2v) is 3.24. The Hall–Kier alpha value is -1.56. The minimum Gasteiger partial charge on any atom is -0.449 e. The molecule has 0 unspecified atom stereocenters. The Labute approximate surface area is 92.3 Å². The Balaban J connectivity index is 2.68. The molecule has 2 N–H and O–H groups in total. The zero-order valence-corrected chi connectivity index (χ0v) is 9.08. The molecule has 0 aliphatic carbocycles. The van der Waals surface area contributed by atoms with Gasteiger partial charge in [-0.1, -0.05) is 25.2 Å². The van der Waals surface area contributed by atoms with E-state index in [9.17, 15) is 10.0 Å². The lowest BCUT2D eigenvalue weighted by Crippen LogP contribution is -2.17. The molecular weight excluding hydrogens is 216 g/mol. The Morgan fingerprint density at radius 3 is 3.07 bits per heavy atom. The molecule has 1 aromatic heterocycles. The minimum absolute atomic E-state index is 0.184. The number of anilines is 1. The topological polar surface area (TPSA) is 63.5 Å². The fraction of sp³-hybridized carbons (Fsp3) is 0.333. The van der Waals surface area contributed by atoms with E-state index in [0.717, 1.165) is 6.42 Å². The SMILES string of the molecule is CCCOC(=O)Nc1cccc(=S)n1O. The highest BCUT2D eigenvalue weighted by molar-refractivity contribution is 7.71. The van der Waals surface area contributed by atoms with E-state index in [1.165, 1.54) is 12.1 Å². The summed E-state index contributed by atoms with van der Waals surface area (Å²) in [5.74, 6) is 0.184. The molecule has 1 rings (SSSR count). The van der Waals surface area contributed by atoms with E-state index in [0.29, 0.717) is 11.3 Å². The molecule has 0 saturated carbocycles. The smallest absolute Gasteiger partial charge is 0.412 e. The van der Waals surface area contributed by atoms with Crippen LogP contribution in [0.2, 0.25) is 0 Å². The van der Waals surface area contributed by atoms with Crippen molar-refractivity contribution in [2.45, 2.75) is 13.3 Å². The van der Waals surface area contributed by atoms with E-state index in [1.807, 2.05) is 6.92 Å². The quantitative estimate of drug-likeness (QED) is 0.616. The van der Waals surface area contributed by atoms with Crippen molar-refractivity contribution in [2.24, 2.45) is 0 Å². The third-order valence-electron chi connectivity index (χ3n) is 1.60. The monoisotopic (exact) mass is 228 g/mol. The van der Waals surface area contributed by atoms with E-state index in [4.69, 9.17) is 17.0 Å². The van der Waals surface area contributed by atoms with Crippen molar-refractivity contribution in [1.82, 2.24) is 4.73 Å². The number of nitrogens with one attached hydrogen (secondary N) is 1. The molecule has 6 heteroatoms. The van der Waals surface area contributed by atoms with Gasteiger partial charge < -0.3 is 9.94 Å². The first kappa shape index (κ1) is 11.5. The molecule has 0 fully saturated rings. The maximum atomic E-state index is 11.1.